The maximum atomic E-state index is 13.0. The number of sulfone groups is 1. The Kier molecular flexibility index (Phi) is 5.89. The van der Waals surface area contributed by atoms with Gasteiger partial charge >= 0.3 is 0 Å². The number of halogens is 1. The maximum Gasteiger partial charge on any atom is 0.218 e. The van der Waals surface area contributed by atoms with Crippen molar-refractivity contribution >= 4 is 9.84 Å². The third-order valence-electron chi connectivity index (χ3n) is 4.48. The van der Waals surface area contributed by atoms with E-state index in [1.54, 1.807) is 6.07 Å². The smallest absolute Gasteiger partial charge is 0.218 e. The number of benzene rings is 2. The second kappa shape index (κ2) is 8.33. The second-order valence-electron chi connectivity index (χ2n) is 6.36. The first-order valence-corrected chi connectivity index (χ1v) is 10.1. The normalized spacial score (nSPS) is 16.1. The molecule has 0 amide bonds. The number of rotatable bonds is 5. The van der Waals surface area contributed by atoms with Crippen molar-refractivity contribution in [1.29, 1.82) is 5.26 Å². The highest BCUT2D eigenvalue weighted by atomic mass is 32.2. The van der Waals surface area contributed by atoms with Crippen LogP contribution < -0.4 is 0 Å². The van der Waals surface area contributed by atoms with E-state index in [9.17, 15) is 18.1 Å². The largest absolute Gasteiger partial charge is 0.373 e. The van der Waals surface area contributed by atoms with Crippen LogP contribution in [0, 0.1) is 17.1 Å². The highest BCUT2D eigenvalue weighted by molar-refractivity contribution is 7.95. The monoisotopic (exact) mass is 385 g/mol. The van der Waals surface area contributed by atoms with Crippen molar-refractivity contribution in [3.63, 3.8) is 0 Å². The average Bonchev–Trinajstić information content (AvgIpc) is 2.68. The van der Waals surface area contributed by atoms with Crippen LogP contribution in [0.1, 0.15) is 5.56 Å². The van der Waals surface area contributed by atoms with Crippen LogP contribution in [0.25, 0.3) is 0 Å². The summed E-state index contributed by atoms with van der Waals surface area (Å²) in [7, 11) is -3.95. The summed E-state index contributed by atoms with van der Waals surface area (Å²) in [4.78, 5) is 3.73. The molecule has 0 spiro atoms. The highest BCUT2D eigenvalue weighted by Gasteiger charge is 2.23. The molecule has 0 unspecified atom stereocenters. The highest BCUT2D eigenvalue weighted by Crippen LogP contribution is 2.20. The Bertz CT molecular complexity index is 943. The zero-order valence-electron chi connectivity index (χ0n) is 14.8. The minimum atomic E-state index is -3.95. The Morgan fingerprint density at radius 2 is 1.67 bits per heavy atom. The van der Waals surface area contributed by atoms with Gasteiger partial charge in [0.05, 0.1) is 4.90 Å². The lowest BCUT2D eigenvalue weighted by atomic mass is 10.2. The molecule has 0 atom stereocenters. The van der Waals surface area contributed by atoms with Crippen LogP contribution in [0.5, 0.6) is 0 Å². The molecular formula is C20H20FN3O2S. The summed E-state index contributed by atoms with van der Waals surface area (Å²) in [5.41, 5.74) is 1.23. The average molecular weight is 385 g/mol. The van der Waals surface area contributed by atoms with Gasteiger partial charge in [-0.05, 0) is 29.8 Å². The topological polar surface area (TPSA) is 64.4 Å². The Balaban J connectivity index is 1.67. The first-order chi connectivity index (χ1) is 13.0. The van der Waals surface area contributed by atoms with Crippen LogP contribution in [0.4, 0.5) is 4.39 Å². The third-order valence-corrected chi connectivity index (χ3v) is 6.15. The number of allylic oxidation sites excluding steroid dienone is 1. The van der Waals surface area contributed by atoms with Crippen molar-refractivity contribution in [3.05, 3.63) is 77.1 Å². The second-order valence-corrected chi connectivity index (χ2v) is 8.28. The molecule has 27 heavy (non-hydrogen) atoms. The molecule has 0 N–H and O–H groups in total. The van der Waals surface area contributed by atoms with Crippen LogP contribution in [-0.2, 0) is 16.4 Å². The quantitative estimate of drug-likeness (QED) is 0.585. The van der Waals surface area contributed by atoms with Crippen molar-refractivity contribution in [3.8, 4) is 6.07 Å². The lowest BCUT2D eigenvalue weighted by Gasteiger charge is -2.34. The molecule has 0 radical (unpaired) electrons. The van der Waals surface area contributed by atoms with Gasteiger partial charge in [0.2, 0.25) is 9.84 Å². The Morgan fingerprint density at radius 1 is 1.04 bits per heavy atom. The van der Waals surface area contributed by atoms with E-state index in [0.29, 0.717) is 13.1 Å². The molecule has 1 heterocycles. The molecule has 0 aliphatic carbocycles. The molecule has 1 aliphatic rings. The molecule has 2 aromatic carbocycles. The summed E-state index contributed by atoms with van der Waals surface area (Å²) in [5, 5.41) is 9.35. The van der Waals surface area contributed by atoms with Crippen LogP contribution in [-0.4, -0.2) is 44.4 Å². The van der Waals surface area contributed by atoms with Gasteiger partial charge in [-0.15, -0.1) is 0 Å². The van der Waals surface area contributed by atoms with E-state index in [-0.39, 0.29) is 9.80 Å². The molecular weight excluding hydrogens is 365 g/mol. The van der Waals surface area contributed by atoms with Gasteiger partial charge in [0.1, 0.15) is 11.9 Å². The summed E-state index contributed by atoms with van der Waals surface area (Å²) < 4.78 is 38.2. The molecule has 0 saturated carbocycles. The van der Waals surface area contributed by atoms with Crippen LogP contribution in [0.15, 0.2) is 70.6 Å². The zero-order chi connectivity index (χ0) is 19.3. The summed E-state index contributed by atoms with van der Waals surface area (Å²) in [6, 6.07) is 16.4. The van der Waals surface area contributed by atoms with E-state index in [2.05, 4.69) is 17.0 Å². The summed E-state index contributed by atoms with van der Waals surface area (Å²) in [6.45, 7) is 3.67. The van der Waals surface area contributed by atoms with E-state index in [1.165, 1.54) is 23.9 Å². The first kappa shape index (κ1) is 19.1. The maximum absolute atomic E-state index is 13.0. The van der Waals surface area contributed by atoms with Crippen LogP contribution in [0.3, 0.4) is 0 Å². The van der Waals surface area contributed by atoms with Crippen molar-refractivity contribution < 1.29 is 12.8 Å². The molecule has 1 aliphatic heterocycles. The van der Waals surface area contributed by atoms with Gasteiger partial charge < -0.3 is 4.90 Å². The Labute approximate surface area is 158 Å². The van der Waals surface area contributed by atoms with Crippen molar-refractivity contribution in [2.75, 3.05) is 26.2 Å². The van der Waals surface area contributed by atoms with Gasteiger partial charge in [-0.3, -0.25) is 4.90 Å². The molecule has 140 valence electrons. The molecule has 2 aromatic rings. The fourth-order valence-corrected chi connectivity index (χ4v) is 4.11. The van der Waals surface area contributed by atoms with E-state index in [4.69, 9.17) is 0 Å². The molecule has 0 aromatic heterocycles. The predicted octanol–water partition coefficient (Wildman–Crippen LogP) is 2.78. The van der Waals surface area contributed by atoms with Gasteiger partial charge in [-0.1, -0.05) is 30.3 Å². The number of nitrogens with zero attached hydrogens (tertiary/aromatic N) is 3. The molecule has 1 saturated heterocycles. The van der Waals surface area contributed by atoms with E-state index in [0.717, 1.165) is 31.8 Å². The van der Waals surface area contributed by atoms with E-state index < -0.39 is 15.7 Å². The zero-order valence-corrected chi connectivity index (χ0v) is 15.6. The van der Waals surface area contributed by atoms with Gasteiger partial charge in [0.15, 0.2) is 4.91 Å². The van der Waals surface area contributed by atoms with Crippen molar-refractivity contribution in [2.45, 2.75) is 11.4 Å². The standard InChI is InChI=1S/C20H20FN3O2S/c21-18-6-8-19(9-7-18)27(25,26)20(14-22)16-24-12-10-23(11-13-24)15-17-4-2-1-3-5-17/h1-9,16H,10-13,15H2/b20-16+. The van der Waals surface area contributed by atoms with Gasteiger partial charge in [0.25, 0.3) is 0 Å². The summed E-state index contributed by atoms with van der Waals surface area (Å²) >= 11 is 0. The van der Waals surface area contributed by atoms with Gasteiger partial charge in [-0.2, -0.15) is 5.26 Å². The fraction of sp³-hybridized carbons (Fsp3) is 0.250. The van der Waals surface area contributed by atoms with Crippen LogP contribution >= 0.6 is 0 Å². The van der Waals surface area contributed by atoms with Crippen molar-refractivity contribution in [2.24, 2.45) is 0 Å². The van der Waals surface area contributed by atoms with E-state index in [1.807, 2.05) is 23.1 Å². The van der Waals surface area contributed by atoms with Crippen LogP contribution in [0.2, 0.25) is 0 Å². The molecule has 7 heteroatoms. The third kappa shape index (κ3) is 4.73. The molecule has 0 bridgehead atoms. The fourth-order valence-electron chi connectivity index (χ4n) is 2.96. The SMILES string of the molecule is N#C/C(=C\N1CCN(Cc2ccccc2)CC1)S(=O)(=O)c1ccc(F)cc1. The van der Waals surface area contributed by atoms with Gasteiger partial charge in [0, 0.05) is 38.9 Å². The molecule has 3 rings (SSSR count). The minimum absolute atomic E-state index is 0.0839. The number of hydrogen-bond donors (Lipinski definition) is 0. The number of piperazine rings is 1. The summed E-state index contributed by atoms with van der Waals surface area (Å²) in [6.07, 6.45) is 1.40. The van der Waals surface area contributed by atoms with E-state index >= 15 is 0 Å². The molecule has 5 nitrogen and oxygen atoms in total. The van der Waals surface area contributed by atoms with Gasteiger partial charge in [-0.25, -0.2) is 12.8 Å². The first-order valence-electron chi connectivity index (χ1n) is 8.62. The summed E-state index contributed by atoms with van der Waals surface area (Å²) in [5.74, 6) is -0.522. The Morgan fingerprint density at radius 3 is 2.26 bits per heavy atom. The number of nitriles is 1. The predicted molar refractivity (Wildman–Crippen MR) is 101 cm³/mol. The minimum Gasteiger partial charge on any atom is -0.373 e. The lowest BCUT2D eigenvalue weighted by Crippen LogP contribution is -2.43. The lowest BCUT2D eigenvalue weighted by molar-refractivity contribution is 0.162. The van der Waals surface area contributed by atoms with Crippen molar-refractivity contribution in [1.82, 2.24) is 9.80 Å². The molecule has 1 fully saturated rings. The Hall–Kier alpha value is -2.69. The number of hydrogen-bond acceptors (Lipinski definition) is 5.